The summed E-state index contributed by atoms with van der Waals surface area (Å²) in [7, 11) is 0. The third kappa shape index (κ3) is 3.61. The van der Waals surface area contributed by atoms with Gasteiger partial charge >= 0.3 is 0 Å². The number of hydrogen-bond acceptors (Lipinski definition) is 2. The molecular formula is C10H20FNO. The molecule has 13 heavy (non-hydrogen) atoms. The molecule has 0 saturated heterocycles. The highest BCUT2D eigenvalue weighted by Crippen LogP contribution is 2.23. The summed E-state index contributed by atoms with van der Waals surface area (Å²) in [6.07, 6.45) is 5.31. The number of rotatable bonds is 5. The summed E-state index contributed by atoms with van der Waals surface area (Å²) in [4.78, 5) is 0. The van der Waals surface area contributed by atoms with E-state index in [9.17, 15) is 4.39 Å². The van der Waals surface area contributed by atoms with E-state index in [0.717, 1.165) is 19.4 Å². The van der Waals surface area contributed by atoms with Crippen LogP contribution in [0.15, 0.2) is 0 Å². The molecule has 0 spiro atoms. The van der Waals surface area contributed by atoms with E-state index in [2.05, 4.69) is 5.32 Å². The van der Waals surface area contributed by atoms with Crippen molar-refractivity contribution in [3.8, 4) is 0 Å². The zero-order valence-corrected chi connectivity index (χ0v) is 8.14. The molecule has 2 unspecified atom stereocenters. The Hall–Kier alpha value is -0.150. The Bertz CT molecular complexity index is 132. The number of alkyl halides is 1. The van der Waals surface area contributed by atoms with Gasteiger partial charge in [-0.3, -0.25) is 4.39 Å². The van der Waals surface area contributed by atoms with Gasteiger partial charge in [-0.2, -0.15) is 0 Å². The van der Waals surface area contributed by atoms with Gasteiger partial charge in [0.05, 0.1) is 6.67 Å². The van der Waals surface area contributed by atoms with Crippen molar-refractivity contribution < 1.29 is 9.50 Å². The van der Waals surface area contributed by atoms with Crippen LogP contribution in [0.25, 0.3) is 0 Å². The Morgan fingerprint density at radius 3 is 2.77 bits per heavy atom. The third-order valence-electron chi connectivity index (χ3n) is 2.86. The summed E-state index contributed by atoms with van der Waals surface area (Å²) in [6, 6.07) is 0.422. The first kappa shape index (κ1) is 10.9. The normalized spacial score (nSPS) is 29.1. The van der Waals surface area contributed by atoms with Gasteiger partial charge in [-0.15, -0.1) is 0 Å². The monoisotopic (exact) mass is 189 g/mol. The second kappa shape index (κ2) is 6.33. The lowest BCUT2D eigenvalue weighted by molar-refractivity contribution is 0.152. The Morgan fingerprint density at radius 1 is 1.31 bits per heavy atom. The van der Waals surface area contributed by atoms with Gasteiger partial charge in [-0.1, -0.05) is 12.8 Å². The smallest absolute Gasteiger partial charge is 0.0906 e. The first-order chi connectivity index (χ1) is 6.38. The van der Waals surface area contributed by atoms with Crippen molar-refractivity contribution in [1.82, 2.24) is 5.32 Å². The van der Waals surface area contributed by atoms with Gasteiger partial charge in [0.15, 0.2) is 0 Å². The van der Waals surface area contributed by atoms with E-state index in [-0.39, 0.29) is 13.3 Å². The minimum absolute atomic E-state index is 0.247. The van der Waals surface area contributed by atoms with Crippen LogP contribution in [0.5, 0.6) is 0 Å². The molecule has 2 nitrogen and oxygen atoms in total. The average molecular weight is 189 g/mol. The maximum atomic E-state index is 11.8. The highest BCUT2D eigenvalue weighted by Gasteiger charge is 2.23. The molecule has 2 N–H and O–H groups in total. The largest absolute Gasteiger partial charge is 0.396 e. The molecule has 0 bridgehead atoms. The summed E-state index contributed by atoms with van der Waals surface area (Å²) < 4.78 is 11.8. The lowest BCUT2D eigenvalue weighted by Gasteiger charge is -2.30. The average Bonchev–Trinajstić information content (AvgIpc) is 2.19. The van der Waals surface area contributed by atoms with Crippen LogP contribution in [-0.4, -0.2) is 31.0 Å². The Balaban J connectivity index is 2.19. The van der Waals surface area contributed by atoms with Crippen molar-refractivity contribution in [2.75, 3.05) is 19.8 Å². The summed E-state index contributed by atoms with van der Waals surface area (Å²) in [5, 5.41) is 12.4. The third-order valence-corrected chi connectivity index (χ3v) is 2.86. The van der Waals surface area contributed by atoms with E-state index < -0.39 is 0 Å². The first-order valence-corrected chi connectivity index (χ1v) is 5.28. The molecule has 78 valence electrons. The van der Waals surface area contributed by atoms with E-state index in [1.807, 2.05) is 0 Å². The molecule has 0 aromatic rings. The van der Waals surface area contributed by atoms with E-state index in [1.54, 1.807) is 0 Å². The van der Waals surface area contributed by atoms with Gasteiger partial charge in [0.1, 0.15) is 0 Å². The van der Waals surface area contributed by atoms with Crippen molar-refractivity contribution in [2.45, 2.75) is 38.1 Å². The van der Waals surface area contributed by atoms with Crippen LogP contribution in [0.2, 0.25) is 0 Å². The van der Waals surface area contributed by atoms with Crippen molar-refractivity contribution >= 4 is 0 Å². The predicted octanol–water partition coefficient (Wildman–Crippen LogP) is 1.49. The second-order valence-corrected chi connectivity index (χ2v) is 3.83. The lowest BCUT2D eigenvalue weighted by Crippen LogP contribution is -2.40. The zero-order valence-electron chi connectivity index (χ0n) is 8.14. The molecule has 0 aromatic carbocycles. The first-order valence-electron chi connectivity index (χ1n) is 5.28. The number of nitrogens with one attached hydrogen (secondary N) is 1. The molecule has 1 aliphatic carbocycles. The molecule has 0 aromatic heterocycles. The van der Waals surface area contributed by atoms with Gasteiger partial charge < -0.3 is 10.4 Å². The van der Waals surface area contributed by atoms with E-state index in [4.69, 9.17) is 5.11 Å². The van der Waals surface area contributed by atoms with Crippen LogP contribution in [0.3, 0.4) is 0 Å². The maximum absolute atomic E-state index is 11.8. The molecule has 0 radical (unpaired) electrons. The fourth-order valence-corrected chi connectivity index (χ4v) is 2.05. The summed E-state index contributed by atoms with van der Waals surface area (Å²) >= 11 is 0. The van der Waals surface area contributed by atoms with Gasteiger partial charge in [0, 0.05) is 12.6 Å². The quantitative estimate of drug-likeness (QED) is 0.642. The van der Waals surface area contributed by atoms with Crippen LogP contribution < -0.4 is 5.32 Å². The van der Waals surface area contributed by atoms with E-state index in [1.165, 1.54) is 12.8 Å². The minimum Gasteiger partial charge on any atom is -0.396 e. The molecular weight excluding hydrogens is 169 g/mol. The SMILES string of the molecule is OCC1CCCCC1NCCCF. The molecule has 0 heterocycles. The molecule has 1 saturated carbocycles. The van der Waals surface area contributed by atoms with E-state index >= 15 is 0 Å². The number of aliphatic hydroxyl groups is 1. The lowest BCUT2D eigenvalue weighted by atomic mass is 9.85. The Labute approximate surface area is 79.5 Å². The van der Waals surface area contributed by atoms with Gasteiger partial charge in [-0.25, -0.2) is 0 Å². The second-order valence-electron chi connectivity index (χ2n) is 3.83. The number of aliphatic hydroxyl groups excluding tert-OH is 1. The number of halogens is 1. The predicted molar refractivity (Wildman–Crippen MR) is 51.4 cm³/mol. The van der Waals surface area contributed by atoms with Gasteiger partial charge in [0.2, 0.25) is 0 Å². The van der Waals surface area contributed by atoms with Crippen LogP contribution >= 0.6 is 0 Å². The van der Waals surface area contributed by atoms with Gasteiger partial charge in [0.25, 0.3) is 0 Å². The highest BCUT2D eigenvalue weighted by atomic mass is 19.1. The molecule has 2 atom stereocenters. The Morgan fingerprint density at radius 2 is 2.08 bits per heavy atom. The Kier molecular flexibility index (Phi) is 5.32. The minimum atomic E-state index is -0.247. The summed E-state index contributed by atoms with van der Waals surface area (Å²) in [5.41, 5.74) is 0. The van der Waals surface area contributed by atoms with Crippen molar-refractivity contribution in [1.29, 1.82) is 0 Å². The molecule has 0 amide bonds. The van der Waals surface area contributed by atoms with Crippen LogP contribution in [0.4, 0.5) is 4.39 Å². The fourth-order valence-electron chi connectivity index (χ4n) is 2.05. The molecule has 0 aliphatic heterocycles. The zero-order chi connectivity index (χ0) is 9.52. The topological polar surface area (TPSA) is 32.3 Å². The van der Waals surface area contributed by atoms with Gasteiger partial charge in [-0.05, 0) is 31.7 Å². The van der Waals surface area contributed by atoms with Crippen molar-refractivity contribution in [2.24, 2.45) is 5.92 Å². The van der Waals surface area contributed by atoms with E-state index in [0.29, 0.717) is 18.4 Å². The molecule has 1 fully saturated rings. The molecule has 3 heteroatoms. The standard InChI is InChI=1S/C10H20FNO/c11-6-3-7-12-10-5-2-1-4-9(10)8-13/h9-10,12-13H,1-8H2. The van der Waals surface area contributed by atoms with Crippen molar-refractivity contribution in [3.05, 3.63) is 0 Å². The summed E-state index contributed by atoms with van der Waals surface area (Å²) in [5.74, 6) is 0.397. The van der Waals surface area contributed by atoms with Crippen LogP contribution in [-0.2, 0) is 0 Å². The maximum Gasteiger partial charge on any atom is 0.0906 e. The fraction of sp³-hybridized carbons (Fsp3) is 1.00. The van der Waals surface area contributed by atoms with Crippen molar-refractivity contribution in [3.63, 3.8) is 0 Å². The molecule has 1 aliphatic rings. The van der Waals surface area contributed by atoms with Crippen LogP contribution in [0.1, 0.15) is 32.1 Å². The highest BCUT2D eigenvalue weighted by molar-refractivity contribution is 4.80. The molecule has 1 rings (SSSR count). The number of hydrogen-bond donors (Lipinski definition) is 2. The van der Waals surface area contributed by atoms with Crippen LogP contribution in [0, 0.1) is 5.92 Å². The summed E-state index contributed by atoms with van der Waals surface area (Å²) in [6.45, 7) is 0.772.